The van der Waals surface area contributed by atoms with Crippen molar-refractivity contribution in [2.75, 3.05) is 18.0 Å². The monoisotopic (exact) mass is 530 g/mol. The number of anilines is 1. The molecule has 0 unspecified atom stereocenters. The molecule has 1 amide bonds. The van der Waals surface area contributed by atoms with Crippen LogP contribution in [0.1, 0.15) is 62.6 Å². The number of ether oxygens (including phenoxy) is 1. The van der Waals surface area contributed by atoms with Crippen LogP contribution in [0.4, 0.5) is 18.9 Å². The molecule has 0 saturated carbocycles. The van der Waals surface area contributed by atoms with E-state index < -0.39 is 55.0 Å². The molecule has 1 aliphatic heterocycles. The Hall–Kier alpha value is -4.01. The minimum atomic E-state index is -4.74. The highest BCUT2D eigenvalue weighted by atomic mass is 19.4. The number of rotatable bonds is 6. The first-order valence-electron chi connectivity index (χ1n) is 15.9. The van der Waals surface area contributed by atoms with Crippen LogP contribution >= 0.6 is 0 Å². The molecule has 38 heavy (non-hydrogen) atoms. The van der Waals surface area contributed by atoms with E-state index in [2.05, 4.69) is 19.9 Å². The topological polar surface area (TPSA) is 58.9 Å². The molecule has 0 spiro atoms. The summed E-state index contributed by atoms with van der Waals surface area (Å²) in [6, 6.07) is 12.1. The number of aromatic nitrogens is 2. The van der Waals surface area contributed by atoms with Crippen LogP contribution in [0.3, 0.4) is 0 Å². The maximum Gasteiger partial charge on any atom is 0.573 e. The molecule has 5 rings (SSSR count). The Labute approximate surface area is 230 Å². The van der Waals surface area contributed by atoms with Crippen molar-refractivity contribution in [1.82, 2.24) is 14.7 Å². The van der Waals surface area contributed by atoms with Crippen molar-refractivity contribution in [1.29, 1.82) is 0 Å². The van der Waals surface area contributed by atoms with Crippen molar-refractivity contribution < 1.29 is 33.7 Å². The molecule has 1 saturated heterocycles. The number of fused-ring (bicyclic) bond motifs is 1. The Kier molecular flexibility index (Phi) is 4.78. The molecular weight excluding hydrogens is 493 g/mol. The van der Waals surface area contributed by atoms with Gasteiger partial charge in [-0.2, -0.15) is 0 Å². The number of nitrogens with one attached hydrogen (secondary N) is 1. The van der Waals surface area contributed by atoms with Gasteiger partial charge >= 0.3 is 6.36 Å². The van der Waals surface area contributed by atoms with Gasteiger partial charge in [-0.25, -0.2) is 4.98 Å². The molecule has 0 atom stereocenters. The molecule has 0 aliphatic carbocycles. The molecule has 2 aromatic heterocycles. The van der Waals surface area contributed by atoms with Crippen molar-refractivity contribution in [3.05, 3.63) is 94.9 Å². The number of pyridine rings is 1. The molecule has 6 nitrogen and oxygen atoms in total. The summed E-state index contributed by atoms with van der Waals surface area (Å²) in [5.41, 5.74) is 0.731. The van der Waals surface area contributed by atoms with Gasteiger partial charge in [0.05, 0.1) is 8.44 Å². The average Bonchev–Trinajstić information content (AvgIpc) is 3.38. The maximum atomic E-state index is 13.3. The fourth-order valence-electron chi connectivity index (χ4n) is 4.65. The number of halogens is 3. The summed E-state index contributed by atoms with van der Waals surface area (Å²) in [5, 5.41) is 2.65. The van der Waals surface area contributed by atoms with Gasteiger partial charge in [-0.15, -0.1) is 13.2 Å². The molecule has 9 heteroatoms. The SMILES string of the molecule is [2H]c1c(C([2H])([2H])[2H])cn2c(C(=O)NCc3ccc(N4CCC(c5ccc(OC(F)(F)F)cc5)CC4)cc3)c(C([2H])([2H])[2H])nc2c1[2H]. The van der Waals surface area contributed by atoms with E-state index in [1.807, 2.05) is 12.1 Å². The van der Waals surface area contributed by atoms with Crippen molar-refractivity contribution in [2.24, 2.45) is 0 Å². The van der Waals surface area contributed by atoms with E-state index in [9.17, 15) is 18.0 Å². The van der Waals surface area contributed by atoms with Gasteiger partial charge in [0.1, 0.15) is 17.1 Å². The molecule has 1 aliphatic rings. The molecular formula is C29H29F3N4O2. The second-order valence-corrected chi connectivity index (χ2v) is 9.02. The van der Waals surface area contributed by atoms with Crippen LogP contribution < -0.4 is 15.0 Å². The predicted molar refractivity (Wildman–Crippen MR) is 140 cm³/mol. The minimum absolute atomic E-state index is 0.0132. The number of benzene rings is 2. The van der Waals surface area contributed by atoms with Gasteiger partial charge in [-0.3, -0.25) is 9.20 Å². The van der Waals surface area contributed by atoms with Crippen molar-refractivity contribution in [3.63, 3.8) is 0 Å². The molecule has 1 N–H and O–H groups in total. The number of piperidine rings is 1. The molecule has 0 bridgehead atoms. The number of hydrogen-bond acceptors (Lipinski definition) is 4. The van der Waals surface area contributed by atoms with Gasteiger partial charge in [-0.1, -0.05) is 30.3 Å². The zero-order chi connectivity index (χ0) is 33.6. The van der Waals surface area contributed by atoms with Gasteiger partial charge in [0.25, 0.3) is 5.91 Å². The minimum Gasteiger partial charge on any atom is -0.406 e. The first-order chi connectivity index (χ1) is 21.4. The van der Waals surface area contributed by atoms with Crippen molar-refractivity contribution in [3.8, 4) is 5.75 Å². The number of hydrogen-bond donors (Lipinski definition) is 1. The van der Waals surface area contributed by atoms with Crippen LogP contribution in [-0.2, 0) is 6.54 Å². The number of aryl methyl sites for hydroxylation is 2. The largest absolute Gasteiger partial charge is 0.573 e. The van der Waals surface area contributed by atoms with Crippen LogP contribution in [0.5, 0.6) is 5.75 Å². The Morgan fingerprint density at radius 3 is 2.50 bits per heavy atom. The summed E-state index contributed by atoms with van der Waals surface area (Å²) in [6.45, 7) is -4.17. The van der Waals surface area contributed by atoms with Gasteiger partial charge in [0, 0.05) is 39.7 Å². The van der Waals surface area contributed by atoms with Crippen LogP contribution in [0.2, 0.25) is 0 Å². The van der Waals surface area contributed by atoms with Crippen molar-refractivity contribution in [2.45, 2.75) is 45.4 Å². The van der Waals surface area contributed by atoms with Gasteiger partial charge in [0.15, 0.2) is 0 Å². The molecule has 1 fully saturated rings. The summed E-state index contributed by atoms with van der Waals surface area (Å²) in [7, 11) is 0. The third kappa shape index (κ3) is 5.77. The van der Waals surface area contributed by atoms with E-state index in [-0.39, 0.29) is 23.9 Å². The van der Waals surface area contributed by atoms with E-state index >= 15 is 0 Å². The highest BCUT2D eigenvalue weighted by molar-refractivity contribution is 5.94. The lowest BCUT2D eigenvalue weighted by molar-refractivity contribution is -0.274. The number of carbonyl (C=O) groups excluding carboxylic acids is 1. The molecule has 198 valence electrons. The van der Waals surface area contributed by atoms with Gasteiger partial charge < -0.3 is 15.0 Å². The lowest BCUT2D eigenvalue weighted by Gasteiger charge is -2.34. The Balaban J connectivity index is 1.25. The van der Waals surface area contributed by atoms with E-state index in [4.69, 9.17) is 11.0 Å². The smallest absolute Gasteiger partial charge is 0.406 e. The van der Waals surface area contributed by atoms with Gasteiger partial charge in [0.2, 0.25) is 0 Å². The third-order valence-corrected chi connectivity index (χ3v) is 6.53. The second-order valence-electron chi connectivity index (χ2n) is 9.02. The number of amides is 1. The standard InChI is InChI=1S/C29H29F3N4O2/c1-19-3-12-26-34-20(2)27(36(26)18-19)28(37)33-17-21-4-8-24(9-5-21)35-15-13-23(14-16-35)22-6-10-25(11-7-22)38-29(30,31)32/h3-12,18,23H,13-17H2,1-2H3,(H,33,37)/i1D3,2D3,3D,12D. The zero-order valence-corrected chi connectivity index (χ0v) is 20.1. The highest BCUT2D eigenvalue weighted by Gasteiger charge is 2.31. The Morgan fingerprint density at radius 1 is 1.11 bits per heavy atom. The summed E-state index contributed by atoms with van der Waals surface area (Å²) < 4.78 is 105. The zero-order valence-electron chi connectivity index (χ0n) is 28.1. The van der Waals surface area contributed by atoms with E-state index in [1.54, 1.807) is 24.3 Å². The number of imidazole rings is 1. The maximum absolute atomic E-state index is 13.3. The normalized spacial score (nSPS) is 18.3. The van der Waals surface area contributed by atoms with Crippen LogP contribution in [0.25, 0.3) is 5.65 Å². The van der Waals surface area contributed by atoms with Crippen LogP contribution in [-0.4, -0.2) is 34.7 Å². The fourth-order valence-corrected chi connectivity index (χ4v) is 4.65. The quantitative estimate of drug-likeness (QED) is 0.324. The number of alkyl halides is 3. The lowest BCUT2D eigenvalue weighted by Crippen LogP contribution is -2.32. The van der Waals surface area contributed by atoms with Crippen molar-refractivity contribution >= 4 is 17.2 Å². The van der Waals surface area contributed by atoms with E-state index in [1.165, 1.54) is 12.1 Å². The Bertz CT molecular complexity index is 1730. The van der Waals surface area contributed by atoms with Crippen LogP contribution in [0, 0.1) is 13.7 Å². The first-order valence-corrected chi connectivity index (χ1v) is 11.9. The molecule has 3 heterocycles. The summed E-state index contributed by atoms with van der Waals surface area (Å²) >= 11 is 0. The lowest BCUT2D eigenvalue weighted by atomic mass is 9.89. The summed E-state index contributed by atoms with van der Waals surface area (Å²) in [5.74, 6) is -0.898. The number of carbonyl (C=O) groups is 1. The third-order valence-electron chi connectivity index (χ3n) is 6.53. The first kappa shape index (κ1) is 17.5. The highest BCUT2D eigenvalue weighted by Crippen LogP contribution is 2.32. The summed E-state index contributed by atoms with van der Waals surface area (Å²) in [6.07, 6.45) is -2.17. The molecule has 2 aromatic carbocycles. The Morgan fingerprint density at radius 2 is 1.84 bits per heavy atom. The van der Waals surface area contributed by atoms with Crippen LogP contribution in [0.15, 0.2) is 66.8 Å². The number of nitrogens with zero attached hydrogens (tertiary/aromatic N) is 3. The average molecular weight is 531 g/mol. The van der Waals surface area contributed by atoms with E-state index in [0.717, 1.165) is 47.8 Å². The second kappa shape index (κ2) is 10.4. The van der Waals surface area contributed by atoms with Gasteiger partial charge in [-0.05, 0) is 79.5 Å². The predicted octanol–water partition coefficient (Wildman–Crippen LogP) is 6.16. The van der Waals surface area contributed by atoms with E-state index in [0.29, 0.717) is 5.56 Å². The molecule has 4 aromatic rings. The molecule has 0 radical (unpaired) electrons. The summed E-state index contributed by atoms with van der Waals surface area (Å²) in [4.78, 5) is 19.5. The fraction of sp³-hybridized carbons (Fsp3) is 0.310.